The van der Waals surface area contributed by atoms with Crippen molar-refractivity contribution in [3.63, 3.8) is 0 Å². The molecule has 1 atom stereocenters. The van der Waals surface area contributed by atoms with E-state index in [0.29, 0.717) is 10.8 Å². The summed E-state index contributed by atoms with van der Waals surface area (Å²) in [6.45, 7) is 0. The van der Waals surface area contributed by atoms with Gasteiger partial charge < -0.3 is 0 Å². The molecule has 1 rings (SSSR count). The van der Waals surface area contributed by atoms with Crippen molar-refractivity contribution in [2.24, 2.45) is 0 Å². The Bertz CT molecular complexity index is 222. The van der Waals surface area contributed by atoms with Crippen molar-refractivity contribution in [1.82, 2.24) is 0 Å². The van der Waals surface area contributed by atoms with E-state index in [4.69, 9.17) is 11.6 Å². The minimum atomic E-state index is -0.761. The number of hydrogen-bond acceptors (Lipinski definition) is 2. The molecule has 0 fully saturated rings. The molecule has 2 nitrogen and oxygen atoms in total. The summed E-state index contributed by atoms with van der Waals surface area (Å²) in [5.74, 6) is 0.567. The van der Waals surface area contributed by atoms with Gasteiger partial charge in [-0.25, -0.2) is 0 Å². The van der Waals surface area contributed by atoms with Gasteiger partial charge in [-0.05, 0) is 28.8 Å². The smallest absolute Gasteiger partial charge is 0.256 e. The second-order valence-electron chi connectivity index (χ2n) is 1.64. The van der Waals surface area contributed by atoms with Crippen LogP contribution in [0.25, 0.3) is 0 Å². The van der Waals surface area contributed by atoms with Gasteiger partial charge in [0.15, 0.2) is 5.75 Å². The lowest BCUT2D eigenvalue weighted by molar-refractivity contribution is 0.525. The van der Waals surface area contributed by atoms with Crippen molar-refractivity contribution in [3.8, 4) is 5.75 Å². The Hall–Kier alpha value is -0.590. The van der Waals surface area contributed by atoms with Crippen LogP contribution in [0.15, 0.2) is 24.3 Å². The van der Waals surface area contributed by atoms with Crippen LogP contribution in [0, 0.1) is 0 Å². The zero-order valence-electron chi connectivity index (χ0n) is 5.00. The summed E-state index contributed by atoms with van der Waals surface area (Å²) in [7, 11) is -0.761. The fourth-order valence-electron chi connectivity index (χ4n) is 0.551. The van der Waals surface area contributed by atoms with E-state index >= 15 is 0 Å². The Morgan fingerprint density at radius 1 is 1.30 bits per heavy atom. The Balaban J connectivity index is 2.78. The molecule has 1 unspecified atom stereocenters. The molecular formula is C6H5ClO2P+. The van der Waals surface area contributed by atoms with Gasteiger partial charge >= 0.3 is 8.69 Å². The van der Waals surface area contributed by atoms with Crippen molar-refractivity contribution >= 4 is 20.3 Å². The summed E-state index contributed by atoms with van der Waals surface area (Å²) >= 11 is 5.58. The van der Waals surface area contributed by atoms with E-state index in [1.54, 1.807) is 24.3 Å². The number of halogens is 1. The number of benzene rings is 1. The molecule has 0 N–H and O–H groups in total. The third-order valence-electron chi connectivity index (χ3n) is 0.973. The Labute approximate surface area is 65.1 Å². The second-order valence-corrected chi connectivity index (χ2v) is 2.45. The molecule has 0 saturated heterocycles. The first-order valence-electron chi connectivity index (χ1n) is 2.62. The number of rotatable bonds is 2. The Morgan fingerprint density at radius 2 is 1.90 bits per heavy atom. The molecule has 0 aromatic heterocycles. The molecule has 0 saturated carbocycles. The molecule has 1 aromatic rings. The average molecular weight is 176 g/mol. The number of hydrogen-bond donors (Lipinski definition) is 0. The summed E-state index contributed by atoms with van der Waals surface area (Å²) in [5, 5.41) is 0.640. The van der Waals surface area contributed by atoms with Crippen molar-refractivity contribution in [1.29, 1.82) is 0 Å². The summed E-state index contributed by atoms with van der Waals surface area (Å²) in [6.07, 6.45) is 0. The van der Waals surface area contributed by atoms with Crippen LogP contribution < -0.4 is 4.52 Å². The van der Waals surface area contributed by atoms with Gasteiger partial charge in [0.1, 0.15) is 0 Å². The first-order valence-corrected chi connectivity index (χ1v) is 3.82. The summed E-state index contributed by atoms with van der Waals surface area (Å²) < 4.78 is 14.6. The SMILES string of the molecule is O=[PH+]Oc1ccc(Cl)cc1. The van der Waals surface area contributed by atoms with Gasteiger partial charge in [0.25, 0.3) is 0 Å². The molecule has 4 heteroatoms. The normalized spacial score (nSPS) is 9.70. The van der Waals surface area contributed by atoms with Crippen LogP contribution in [0.3, 0.4) is 0 Å². The van der Waals surface area contributed by atoms with Gasteiger partial charge in [-0.15, -0.1) is 0 Å². The highest BCUT2D eigenvalue weighted by Gasteiger charge is 1.95. The minimum absolute atomic E-state index is 0.567. The fraction of sp³-hybridized carbons (Fsp3) is 0. The van der Waals surface area contributed by atoms with E-state index in [9.17, 15) is 4.57 Å². The third-order valence-corrected chi connectivity index (χ3v) is 1.54. The van der Waals surface area contributed by atoms with Gasteiger partial charge in [-0.2, -0.15) is 0 Å². The zero-order valence-corrected chi connectivity index (χ0v) is 6.76. The standard InChI is InChI=1S/C6H5ClO2P/c7-5-1-3-6(4-2-5)9-10-8/h1-4,10H/q+1. The van der Waals surface area contributed by atoms with Gasteiger partial charge in [0.2, 0.25) is 0 Å². The first-order chi connectivity index (χ1) is 4.83. The lowest BCUT2D eigenvalue weighted by atomic mass is 10.3. The minimum Gasteiger partial charge on any atom is -0.256 e. The van der Waals surface area contributed by atoms with Crippen LogP contribution in [0.5, 0.6) is 5.75 Å². The van der Waals surface area contributed by atoms with Crippen molar-refractivity contribution in [2.45, 2.75) is 0 Å². The van der Waals surface area contributed by atoms with Crippen molar-refractivity contribution in [2.75, 3.05) is 0 Å². The monoisotopic (exact) mass is 175 g/mol. The average Bonchev–Trinajstić information content (AvgIpc) is 1.95. The molecular weight excluding hydrogens is 170 g/mol. The quantitative estimate of drug-likeness (QED) is 0.646. The highest BCUT2D eigenvalue weighted by atomic mass is 35.5. The van der Waals surface area contributed by atoms with Gasteiger partial charge in [-0.1, -0.05) is 11.6 Å². The molecule has 0 amide bonds. The van der Waals surface area contributed by atoms with Gasteiger partial charge in [0.05, 0.1) is 0 Å². The van der Waals surface area contributed by atoms with Crippen molar-refractivity contribution < 1.29 is 9.09 Å². The maximum absolute atomic E-state index is 9.96. The van der Waals surface area contributed by atoms with Crippen LogP contribution >= 0.6 is 20.3 Å². The summed E-state index contributed by atoms with van der Waals surface area (Å²) in [5.41, 5.74) is 0. The topological polar surface area (TPSA) is 26.3 Å². The van der Waals surface area contributed by atoms with E-state index < -0.39 is 8.69 Å². The van der Waals surface area contributed by atoms with Gasteiger partial charge in [-0.3, -0.25) is 4.52 Å². The van der Waals surface area contributed by atoms with E-state index in [2.05, 4.69) is 4.52 Å². The lowest BCUT2D eigenvalue weighted by Crippen LogP contribution is -1.72. The predicted octanol–water partition coefficient (Wildman–Crippen LogP) is 2.66. The molecule has 1 aromatic carbocycles. The summed E-state index contributed by atoms with van der Waals surface area (Å²) in [4.78, 5) is 0. The maximum Gasteiger partial charge on any atom is 0.542 e. The first kappa shape index (κ1) is 7.52. The van der Waals surface area contributed by atoms with Crippen LogP contribution in [-0.4, -0.2) is 0 Å². The highest BCUT2D eigenvalue weighted by Crippen LogP contribution is 2.17. The molecule has 0 aliphatic carbocycles. The molecule has 52 valence electrons. The molecule has 0 radical (unpaired) electrons. The lowest BCUT2D eigenvalue weighted by Gasteiger charge is -1.88. The van der Waals surface area contributed by atoms with Gasteiger partial charge in [0, 0.05) is 5.02 Å². The van der Waals surface area contributed by atoms with E-state index in [1.807, 2.05) is 0 Å². The molecule has 0 aliphatic heterocycles. The Kier molecular flexibility index (Phi) is 2.67. The van der Waals surface area contributed by atoms with Crippen molar-refractivity contribution in [3.05, 3.63) is 29.3 Å². The van der Waals surface area contributed by atoms with E-state index in [0.717, 1.165) is 0 Å². The maximum atomic E-state index is 9.96. The largest absolute Gasteiger partial charge is 0.542 e. The van der Waals surface area contributed by atoms with E-state index in [1.165, 1.54) is 0 Å². The van der Waals surface area contributed by atoms with E-state index in [-0.39, 0.29) is 0 Å². The molecule has 0 aliphatic rings. The fourth-order valence-corrected chi connectivity index (χ4v) is 0.909. The van der Waals surface area contributed by atoms with Crippen LogP contribution in [0.2, 0.25) is 5.02 Å². The Morgan fingerprint density at radius 3 is 2.40 bits per heavy atom. The third kappa shape index (κ3) is 1.98. The predicted molar refractivity (Wildman–Crippen MR) is 41.1 cm³/mol. The summed E-state index contributed by atoms with van der Waals surface area (Å²) in [6, 6.07) is 6.68. The molecule has 0 heterocycles. The van der Waals surface area contributed by atoms with Crippen LogP contribution in [0.1, 0.15) is 0 Å². The molecule has 0 bridgehead atoms. The second kappa shape index (κ2) is 3.55. The highest BCUT2D eigenvalue weighted by molar-refractivity contribution is 7.17. The van der Waals surface area contributed by atoms with Crippen LogP contribution in [-0.2, 0) is 4.57 Å². The molecule has 0 spiro atoms. The molecule has 10 heavy (non-hydrogen) atoms. The zero-order chi connectivity index (χ0) is 7.40. The van der Waals surface area contributed by atoms with Crippen LogP contribution in [0.4, 0.5) is 0 Å².